The molecule has 0 spiro atoms. The van der Waals surface area contributed by atoms with Crippen LogP contribution < -0.4 is 14.4 Å². The van der Waals surface area contributed by atoms with Crippen LogP contribution in [-0.2, 0) is 26.2 Å². The van der Waals surface area contributed by atoms with E-state index in [0.29, 0.717) is 18.7 Å². The zero-order valence-corrected chi connectivity index (χ0v) is 22.1. The lowest BCUT2D eigenvalue weighted by Gasteiger charge is -2.33. The molecular weight excluding hydrogens is 490 g/mol. The predicted octanol–water partition coefficient (Wildman–Crippen LogP) is 3.83. The van der Waals surface area contributed by atoms with Gasteiger partial charge in [0, 0.05) is 19.2 Å². The number of anilines is 1. The maximum absolute atomic E-state index is 13.9. The highest BCUT2D eigenvalue weighted by Crippen LogP contribution is 2.27. The molecule has 0 bridgehead atoms. The monoisotopic (exact) mass is 523 g/mol. The lowest BCUT2D eigenvalue weighted by molar-refractivity contribution is -0.140. The molecule has 0 radical (unpaired) electrons. The van der Waals surface area contributed by atoms with Crippen LogP contribution in [0.4, 0.5) is 5.69 Å². The van der Waals surface area contributed by atoms with E-state index < -0.39 is 28.5 Å². The zero-order chi connectivity index (χ0) is 26.8. The summed E-state index contributed by atoms with van der Waals surface area (Å²) in [6.07, 6.45) is 0.370. The van der Waals surface area contributed by atoms with Crippen molar-refractivity contribution in [3.63, 3.8) is 0 Å². The minimum absolute atomic E-state index is 0.0518. The molecule has 0 fully saturated rings. The first-order chi connectivity index (χ1) is 17.8. The number of likely N-dealkylation sites (N-methyl/N-ethyl adjacent to an activating group) is 1. The molecule has 9 heteroatoms. The molecule has 0 aliphatic rings. The average molecular weight is 524 g/mol. The van der Waals surface area contributed by atoms with Gasteiger partial charge >= 0.3 is 0 Å². The number of sulfonamides is 1. The van der Waals surface area contributed by atoms with Gasteiger partial charge in [-0.25, -0.2) is 8.42 Å². The summed E-state index contributed by atoms with van der Waals surface area (Å²) in [5.74, 6) is -0.328. The summed E-state index contributed by atoms with van der Waals surface area (Å²) in [6.45, 7) is 3.72. The van der Waals surface area contributed by atoms with Crippen LogP contribution in [0.3, 0.4) is 0 Å². The predicted molar refractivity (Wildman–Crippen MR) is 144 cm³/mol. The van der Waals surface area contributed by atoms with E-state index in [-0.39, 0.29) is 23.0 Å². The van der Waals surface area contributed by atoms with E-state index >= 15 is 0 Å². The maximum atomic E-state index is 13.9. The molecule has 3 aromatic rings. The van der Waals surface area contributed by atoms with Crippen molar-refractivity contribution in [2.75, 3.05) is 24.5 Å². The van der Waals surface area contributed by atoms with Crippen molar-refractivity contribution in [3.05, 3.63) is 90.5 Å². The molecule has 1 unspecified atom stereocenters. The van der Waals surface area contributed by atoms with E-state index in [2.05, 4.69) is 5.32 Å². The summed E-state index contributed by atoms with van der Waals surface area (Å²) < 4.78 is 33.9. The fourth-order valence-corrected chi connectivity index (χ4v) is 5.43. The molecule has 37 heavy (non-hydrogen) atoms. The molecule has 1 atom stereocenters. The van der Waals surface area contributed by atoms with E-state index in [9.17, 15) is 18.0 Å². The first kappa shape index (κ1) is 27.7. The van der Waals surface area contributed by atoms with Crippen LogP contribution >= 0.6 is 0 Å². The minimum atomic E-state index is -4.11. The van der Waals surface area contributed by atoms with Gasteiger partial charge in [-0.3, -0.25) is 13.9 Å². The second-order valence-electron chi connectivity index (χ2n) is 8.35. The Morgan fingerprint density at radius 3 is 2.16 bits per heavy atom. The van der Waals surface area contributed by atoms with Crippen molar-refractivity contribution >= 4 is 27.5 Å². The van der Waals surface area contributed by atoms with Crippen LogP contribution in [0.25, 0.3) is 0 Å². The molecule has 0 saturated heterocycles. The quantitative estimate of drug-likeness (QED) is 0.389. The molecule has 0 aliphatic heterocycles. The smallest absolute Gasteiger partial charge is 0.264 e. The fraction of sp³-hybridized carbons (Fsp3) is 0.286. The van der Waals surface area contributed by atoms with Gasteiger partial charge in [0.2, 0.25) is 11.8 Å². The fourth-order valence-electron chi connectivity index (χ4n) is 4.01. The number of rotatable bonds is 12. The van der Waals surface area contributed by atoms with E-state index in [4.69, 9.17) is 4.74 Å². The van der Waals surface area contributed by atoms with Gasteiger partial charge in [0.15, 0.2) is 0 Å². The SMILES string of the molecule is CCNC(=O)C(CC)N(Cc1ccccc1)C(=O)CN(c1cccc(OC)c1)S(=O)(=O)c1ccccc1. The summed E-state index contributed by atoms with van der Waals surface area (Å²) in [5, 5.41) is 2.79. The first-order valence-electron chi connectivity index (χ1n) is 12.1. The van der Waals surface area contributed by atoms with Crippen molar-refractivity contribution < 1.29 is 22.7 Å². The number of ether oxygens (including phenoxy) is 1. The van der Waals surface area contributed by atoms with Crippen LogP contribution in [0.15, 0.2) is 89.8 Å². The zero-order valence-electron chi connectivity index (χ0n) is 21.3. The van der Waals surface area contributed by atoms with E-state index in [1.807, 2.05) is 44.2 Å². The Kier molecular flexibility index (Phi) is 9.68. The molecule has 0 aromatic heterocycles. The number of nitrogens with zero attached hydrogens (tertiary/aromatic N) is 2. The number of nitrogens with one attached hydrogen (secondary N) is 1. The molecule has 3 aromatic carbocycles. The number of hydrogen-bond acceptors (Lipinski definition) is 5. The van der Waals surface area contributed by atoms with Crippen LogP contribution in [0.2, 0.25) is 0 Å². The van der Waals surface area contributed by atoms with Crippen molar-refractivity contribution in [2.24, 2.45) is 0 Å². The normalized spacial score (nSPS) is 11.9. The van der Waals surface area contributed by atoms with Crippen molar-refractivity contribution in [1.82, 2.24) is 10.2 Å². The summed E-state index contributed by atoms with van der Waals surface area (Å²) in [6, 6.07) is 23.0. The molecule has 1 N–H and O–H groups in total. The second-order valence-corrected chi connectivity index (χ2v) is 10.2. The Morgan fingerprint density at radius 2 is 1.57 bits per heavy atom. The Balaban J connectivity index is 2.05. The number of carbonyl (C=O) groups excluding carboxylic acids is 2. The van der Waals surface area contributed by atoms with Gasteiger partial charge in [-0.15, -0.1) is 0 Å². The number of benzene rings is 3. The van der Waals surface area contributed by atoms with Gasteiger partial charge in [-0.2, -0.15) is 0 Å². The lowest BCUT2D eigenvalue weighted by Crippen LogP contribution is -2.52. The average Bonchev–Trinajstić information content (AvgIpc) is 2.92. The molecule has 196 valence electrons. The van der Waals surface area contributed by atoms with Gasteiger partial charge in [-0.05, 0) is 43.2 Å². The van der Waals surface area contributed by atoms with Crippen LogP contribution in [-0.4, -0.2) is 51.4 Å². The number of carbonyl (C=O) groups is 2. The summed E-state index contributed by atoms with van der Waals surface area (Å²) in [5.41, 5.74) is 1.11. The summed E-state index contributed by atoms with van der Waals surface area (Å²) in [4.78, 5) is 28.3. The lowest BCUT2D eigenvalue weighted by atomic mass is 10.1. The molecule has 8 nitrogen and oxygen atoms in total. The van der Waals surface area contributed by atoms with Gasteiger partial charge in [-0.1, -0.05) is 61.5 Å². The van der Waals surface area contributed by atoms with Crippen molar-refractivity contribution in [3.8, 4) is 5.75 Å². The topological polar surface area (TPSA) is 96.0 Å². The summed E-state index contributed by atoms with van der Waals surface area (Å²) >= 11 is 0. The Bertz CT molecular complexity index is 1280. The number of methoxy groups -OCH3 is 1. The summed E-state index contributed by atoms with van der Waals surface area (Å²) in [7, 11) is -2.63. The van der Waals surface area contributed by atoms with Crippen LogP contribution in [0.1, 0.15) is 25.8 Å². The van der Waals surface area contributed by atoms with Gasteiger partial charge < -0.3 is 15.0 Å². The molecule has 3 rings (SSSR count). The minimum Gasteiger partial charge on any atom is -0.497 e. The number of amides is 2. The molecule has 0 saturated carbocycles. The highest BCUT2D eigenvalue weighted by molar-refractivity contribution is 7.92. The van der Waals surface area contributed by atoms with Gasteiger partial charge in [0.05, 0.1) is 17.7 Å². The third-order valence-corrected chi connectivity index (χ3v) is 7.67. The highest BCUT2D eigenvalue weighted by Gasteiger charge is 2.33. The van der Waals surface area contributed by atoms with Gasteiger partial charge in [0.1, 0.15) is 18.3 Å². The number of hydrogen-bond donors (Lipinski definition) is 1. The molecule has 0 aliphatic carbocycles. The Labute approximate surface area is 218 Å². The van der Waals surface area contributed by atoms with Crippen LogP contribution in [0.5, 0.6) is 5.75 Å². The largest absolute Gasteiger partial charge is 0.497 e. The molecular formula is C28H33N3O5S. The third-order valence-electron chi connectivity index (χ3n) is 5.88. The maximum Gasteiger partial charge on any atom is 0.264 e. The molecule has 0 heterocycles. The third kappa shape index (κ3) is 6.89. The van der Waals surface area contributed by atoms with E-state index in [0.717, 1.165) is 9.87 Å². The first-order valence-corrected chi connectivity index (χ1v) is 13.6. The molecule has 2 amide bonds. The Hall–Kier alpha value is -3.85. The highest BCUT2D eigenvalue weighted by atomic mass is 32.2. The van der Waals surface area contributed by atoms with E-state index in [1.54, 1.807) is 42.5 Å². The van der Waals surface area contributed by atoms with E-state index in [1.165, 1.54) is 24.1 Å². The Morgan fingerprint density at radius 1 is 0.919 bits per heavy atom. The van der Waals surface area contributed by atoms with Crippen LogP contribution in [0, 0.1) is 0 Å². The van der Waals surface area contributed by atoms with Crippen molar-refractivity contribution in [1.29, 1.82) is 0 Å². The van der Waals surface area contributed by atoms with Crippen molar-refractivity contribution in [2.45, 2.75) is 37.8 Å². The van der Waals surface area contributed by atoms with Gasteiger partial charge in [0.25, 0.3) is 10.0 Å². The standard InChI is InChI=1S/C28H33N3O5S/c1-4-26(28(33)29-5-2)30(20-22-13-8-6-9-14-22)27(32)21-31(23-15-12-16-24(19-23)36-3)37(34,35)25-17-10-7-11-18-25/h6-19,26H,4-5,20-21H2,1-3H3,(H,29,33). The second kappa shape index (κ2) is 12.9.